The van der Waals surface area contributed by atoms with Crippen molar-refractivity contribution in [3.63, 3.8) is 0 Å². The molecule has 1 atom stereocenters. The number of benzene rings is 2. The summed E-state index contributed by atoms with van der Waals surface area (Å²) >= 11 is 13.9. The van der Waals surface area contributed by atoms with E-state index in [1.54, 1.807) is 11.3 Å². The standard InChI is InChI=1S/C18H18Cl2N2S/c1-22(13-6-7-16(19)17(20)9-13)14(10-21)8-12-11-23-18-5-3-2-4-15(12)18/h2-7,9,11,14H,8,10,21H2,1H3. The molecule has 0 radical (unpaired) electrons. The molecule has 0 fully saturated rings. The van der Waals surface area contributed by atoms with Crippen LogP contribution in [0.3, 0.4) is 0 Å². The van der Waals surface area contributed by atoms with Crippen LogP contribution < -0.4 is 10.6 Å². The van der Waals surface area contributed by atoms with Crippen LogP contribution in [0.15, 0.2) is 47.8 Å². The van der Waals surface area contributed by atoms with Gasteiger partial charge in [-0.3, -0.25) is 0 Å². The summed E-state index contributed by atoms with van der Waals surface area (Å²) in [5.74, 6) is 0. The molecule has 2 aromatic carbocycles. The molecule has 0 aliphatic rings. The summed E-state index contributed by atoms with van der Waals surface area (Å²) in [7, 11) is 2.05. The van der Waals surface area contributed by atoms with Crippen molar-refractivity contribution >= 4 is 50.3 Å². The molecule has 0 saturated carbocycles. The average molecular weight is 365 g/mol. The van der Waals surface area contributed by atoms with Crippen LogP contribution in [0.1, 0.15) is 5.56 Å². The van der Waals surface area contributed by atoms with Crippen molar-refractivity contribution < 1.29 is 0 Å². The fourth-order valence-electron chi connectivity index (χ4n) is 2.74. The molecular formula is C18H18Cl2N2S. The Labute approximate surface area is 150 Å². The summed E-state index contributed by atoms with van der Waals surface area (Å²) in [6, 6.07) is 14.4. The van der Waals surface area contributed by atoms with Gasteiger partial charge in [-0.15, -0.1) is 11.3 Å². The van der Waals surface area contributed by atoms with Crippen molar-refractivity contribution in [2.75, 3.05) is 18.5 Å². The molecule has 5 heteroatoms. The quantitative estimate of drug-likeness (QED) is 0.672. The van der Waals surface area contributed by atoms with E-state index in [1.807, 2.05) is 25.2 Å². The van der Waals surface area contributed by atoms with Crippen LogP contribution in [0, 0.1) is 0 Å². The van der Waals surface area contributed by atoms with E-state index in [0.717, 1.165) is 12.1 Å². The zero-order valence-corrected chi connectivity index (χ0v) is 15.1. The average Bonchev–Trinajstić information content (AvgIpc) is 2.97. The number of hydrogen-bond acceptors (Lipinski definition) is 3. The highest BCUT2D eigenvalue weighted by atomic mass is 35.5. The molecule has 2 N–H and O–H groups in total. The summed E-state index contributed by atoms with van der Waals surface area (Å²) in [6.45, 7) is 0.570. The number of halogens is 2. The van der Waals surface area contributed by atoms with Crippen molar-refractivity contribution in [2.45, 2.75) is 12.5 Å². The lowest BCUT2D eigenvalue weighted by atomic mass is 10.0. The van der Waals surface area contributed by atoms with E-state index in [4.69, 9.17) is 28.9 Å². The zero-order chi connectivity index (χ0) is 16.4. The zero-order valence-electron chi connectivity index (χ0n) is 12.8. The molecule has 2 nitrogen and oxygen atoms in total. The molecule has 3 rings (SSSR count). The highest BCUT2D eigenvalue weighted by molar-refractivity contribution is 7.17. The predicted octanol–water partition coefficient (Wildman–Crippen LogP) is 5.21. The first kappa shape index (κ1) is 16.6. The number of anilines is 1. The lowest BCUT2D eigenvalue weighted by Crippen LogP contribution is -2.39. The Morgan fingerprint density at radius 3 is 2.65 bits per heavy atom. The molecule has 1 aromatic heterocycles. The smallest absolute Gasteiger partial charge is 0.0612 e. The fourth-order valence-corrected chi connectivity index (χ4v) is 4.01. The highest BCUT2D eigenvalue weighted by Gasteiger charge is 2.17. The van der Waals surface area contributed by atoms with Crippen molar-refractivity contribution in [2.24, 2.45) is 5.73 Å². The lowest BCUT2D eigenvalue weighted by Gasteiger charge is -2.29. The van der Waals surface area contributed by atoms with Crippen LogP contribution in [0.2, 0.25) is 10.0 Å². The summed E-state index contributed by atoms with van der Waals surface area (Å²) < 4.78 is 1.32. The third-order valence-electron chi connectivity index (χ3n) is 4.15. The maximum Gasteiger partial charge on any atom is 0.0612 e. The molecule has 120 valence electrons. The first-order valence-corrected chi connectivity index (χ1v) is 9.06. The fraction of sp³-hybridized carbons (Fsp3) is 0.222. The van der Waals surface area contributed by atoms with Crippen LogP contribution in [-0.2, 0) is 6.42 Å². The van der Waals surface area contributed by atoms with Crippen LogP contribution in [0.4, 0.5) is 5.69 Å². The second-order valence-corrected chi connectivity index (χ2v) is 7.29. The first-order chi connectivity index (χ1) is 11.1. The number of likely N-dealkylation sites (N-methyl/N-ethyl adjacent to an activating group) is 1. The molecule has 0 bridgehead atoms. The number of hydrogen-bond donors (Lipinski definition) is 1. The van der Waals surface area contributed by atoms with E-state index in [9.17, 15) is 0 Å². The number of fused-ring (bicyclic) bond motifs is 1. The van der Waals surface area contributed by atoms with Gasteiger partial charge in [0.25, 0.3) is 0 Å². The monoisotopic (exact) mass is 364 g/mol. The van der Waals surface area contributed by atoms with Crippen molar-refractivity contribution in [1.29, 1.82) is 0 Å². The minimum Gasteiger partial charge on any atom is -0.370 e. The molecule has 3 aromatic rings. The van der Waals surface area contributed by atoms with Crippen LogP contribution in [0.5, 0.6) is 0 Å². The number of rotatable bonds is 5. The van der Waals surface area contributed by atoms with Gasteiger partial charge in [-0.05, 0) is 47.0 Å². The van der Waals surface area contributed by atoms with Crippen LogP contribution >= 0.6 is 34.5 Å². The summed E-state index contributed by atoms with van der Waals surface area (Å²) in [5.41, 5.74) is 8.41. The van der Waals surface area contributed by atoms with Gasteiger partial charge >= 0.3 is 0 Å². The Balaban J connectivity index is 1.85. The van der Waals surface area contributed by atoms with E-state index in [-0.39, 0.29) is 6.04 Å². The molecule has 0 aliphatic heterocycles. The number of nitrogens with two attached hydrogens (primary N) is 1. The van der Waals surface area contributed by atoms with E-state index in [2.05, 4.69) is 34.5 Å². The van der Waals surface area contributed by atoms with Gasteiger partial charge in [0.1, 0.15) is 0 Å². The molecule has 1 heterocycles. The van der Waals surface area contributed by atoms with Gasteiger partial charge in [0.05, 0.1) is 10.0 Å². The third kappa shape index (κ3) is 3.48. The van der Waals surface area contributed by atoms with Crippen molar-refractivity contribution in [1.82, 2.24) is 0 Å². The van der Waals surface area contributed by atoms with Gasteiger partial charge < -0.3 is 10.6 Å². The Hall–Kier alpha value is -1.26. The Bertz CT molecular complexity index is 816. The summed E-state index contributed by atoms with van der Waals surface area (Å²) in [4.78, 5) is 2.18. The molecule has 0 saturated heterocycles. The van der Waals surface area contributed by atoms with Gasteiger partial charge in [-0.1, -0.05) is 41.4 Å². The second-order valence-electron chi connectivity index (χ2n) is 5.56. The van der Waals surface area contributed by atoms with Crippen molar-refractivity contribution in [3.05, 3.63) is 63.5 Å². The summed E-state index contributed by atoms with van der Waals surface area (Å²) in [6.07, 6.45) is 0.900. The Morgan fingerprint density at radius 2 is 1.91 bits per heavy atom. The van der Waals surface area contributed by atoms with Crippen LogP contribution in [-0.4, -0.2) is 19.6 Å². The van der Waals surface area contributed by atoms with E-state index < -0.39 is 0 Å². The van der Waals surface area contributed by atoms with E-state index in [0.29, 0.717) is 16.6 Å². The molecule has 1 unspecified atom stereocenters. The third-order valence-corrected chi connectivity index (χ3v) is 5.90. The second kappa shape index (κ2) is 7.10. The van der Waals surface area contributed by atoms with Crippen LogP contribution in [0.25, 0.3) is 10.1 Å². The minimum atomic E-state index is 0.199. The van der Waals surface area contributed by atoms with Gasteiger partial charge in [-0.25, -0.2) is 0 Å². The maximum atomic E-state index is 6.14. The molecule has 23 heavy (non-hydrogen) atoms. The van der Waals surface area contributed by atoms with Gasteiger partial charge in [0.15, 0.2) is 0 Å². The molecule has 0 amide bonds. The van der Waals surface area contributed by atoms with E-state index >= 15 is 0 Å². The van der Waals surface area contributed by atoms with E-state index in [1.165, 1.54) is 15.6 Å². The van der Waals surface area contributed by atoms with Gasteiger partial charge in [0.2, 0.25) is 0 Å². The van der Waals surface area contributed by atoms with Gasteiger partial charge in [0, 0.05) is 30.0 Å². The summed E-state index contributed by atoms with van der Waals surface area (Å²) in [5, 5.41) is 4.68. The van der Waals surface area contributed by atoms with Crippen molar-refractivity contribution in [3.8, 4) is 0 Å². The lowest BCUT2D eigenvalue weighted by molar-refractivity contribution is 0.637. The maximum absolute atomic E-state index is 6.14. The topological polar surface area (TPSA) is 29.3 Å². The normalized spacial score (nSPS) is 12.5. The molecule has 0 aliphatic carbocycles. The number of thiophene rings is 1. The minimum absolute atomic E-state index is 0.199. The molecule has 0 spiro atoms. The predicted molar refractivity (Wildman–Crippen MR) is 103 cm³/mol. The Kier molecular flexibility index (Phi) is 5.12. The number of nitrogens with zero attached hydrogens (tertiary/aromatic N) is 1. The van der Waals surface area contributed by atoms with Gasteiger partial charge in [-0.2, -0.15) is 0 Å². The highest BCUT2D eigenvalue weighted by Crippen LogP contribution is 2.30. The largest absolute Gasteiger partial charge is 0.370 e. The first-order valence-electron chi connectivity index (χ1n) is 7.43. The molecular weight excluding hydrogens is 347 g/mol. The Morgan fingerprint density at radius 1 is 1.13 bits per heavy atom. The SMILES string of the molecule is CN(c1ccc(Cl)c(Cl)c1)C(CN)Cc1csc2ccccc12.